The van der Waals surface area contributed by atoms with Gasteiger partial charge in [0.1, 0.15) is 17.1 Å². The second-order valence-electron chi connectivity index (χ2n) is 9.51. The molecule has 0 aliphatic heterocycles. The smallest absolute Gasteiger partial charge is 0.407 e. The molecule has 2 saturated carbocycles. The minimum atomic E-state index is -1.47. The van der Waals surface area contributed by atoms with Gasteiger partial charge in [-0.3, -0.25) is 4.68 Å². The lowest BCUT2D eigenvalue weighted by Crippen LogP contribution is -2.50. The van der Waals surface area contributed by atoms with Gasteiger partial charge in [0.2, 0.25) is 0 Å². The predicted molar refractivity (Wildman–Crippen MR) is 108 cm³/mol. The molecule has 0 aromatic carbocycles. The summed E-state index contributed by atoms with van der Waals surface area (Å²) in [4.78, 5) is 16.2. The van der Waals surface area contributed by atoms with Crippen LogP contribution in [0.2, 0.25) is 0 Å². The van der Waals surface area contributed by atoms with E-state index in [0.29, 0.717) is 17.3 Å². The summed E-state index contributed by atoms with van der Waals surface area (Å²) in [5, 5.41) is 7.26. The number of ether oxygens (including phenoxy) is 1. The van der Waals surface area contributed by atoms with E-state index in [9.17, 15) is 13.6 Å². The van der Waals surface area contributed by atoms with Gasteiger partial charge < -0.3 is 10.1 Å². The van der Waals surface area contributed by atoms with Crippen molar-refractivity contribution in [2.75, 3.05) is 6.54 Å². The van der Waals surface area contributed by atoms with E-state index in [2.05, 4.69) is 10.3 Å². The number of halogens is 2. The second kappa shape index (κ2) is 7.32. The molecule has 2 aromatic rings. The Balaban J connectivity index is 1.43. The van der Waals surface area contributed by atoms with Gasteiger partial charge in [0, 0.05) is 30.5 Å². The Hall–Kier alpha value is -2.51. The quantitative estimate of drug-likeness (QED) is 0.755. The van der Waals surface area contributed by atoms with Crippen molar-refractivity contribution in [3.63, 3.8) is 0 Å². The van der Waals surface area contributed by atoms with Crippen molar-refractivity contribution in [3.8, 4) is 11.3 Å². The molecule has 0 unspecified atom stereocenters. The van der Waals surface area contributed by atoms with E-state index in [1.54, 1.807) is 33.8 Å². The molecule has 30 heavy (non-hydrogen) atoms. The number of hydrogen-bond acceptors (Lipinski definition) is 4. The summed E-state index contributed by atoms with van der Waals surface area (Å²) in [6.45, 7) is 6.85. The van der Waals surface area contributed by atoms with Gasteiger partial charge in [0.05, 0.1) is 29.7 Å². The lowest BCUT2D eigenvalue weighted by atomic mass is 9.77. The number of carbonyl (C=O) groups is 1. The fourth-order valence-electron chi connectivity index (χ4n) is 3.80. The number of hydrogen-bond donors (Lipinski definition) is 1. The maximum Gasteiger partial charge on any atom is 0.407 e. The Bertz CT molecular complexity index is 957. The Morgan fingerprint density at radius 2 is 2.03 bits per heavy atom. The lowest BCUT2D eigenvalue weighted by Gasteiger charge is -2.41. The molecule has 8 heteroatoms. The number of aromatic nitrogens is 3. The van der Waals surface area contributed by atoms with E-state index in [1.807, 2.05) is 10.9 Å². The zero-order chi connectivity index (χ0) is 21.7. The monoisotopic (exact) mass is 418 g/mol. The fourth-order valence-corrected chi connectivity index (χ4v) is 3.80. The molecule has 6 nitrogen and oxygen atoms in total. The molecule has 0 spiro atoms. The van der Waals surface area contributed by atoms with Gasteiger partial charge in [-0.1, -0.05) is 0 Å². The number of rotatable bonds is 5. The van der Waals surface area contributed by atoms with Crippen LogP contribution in [0.25, 0.3) is 11.3 Å². The summed E-state index contributed by atoms with van der Waals surface area (Å²) in [5.41, 5.74) is 0.798. The highest BCUT2D eigenvalue weighted by molar-refractivity contribution is 5.67. The molecule has 2 fully saturated rings. The van der Waals surface area contributed by atoms with Crippen LogP contribution >= 0.6 is 0 Å². The van der Waals surface area contributed by atoms with Crippen molar-refractivity contribution in [3.05, 3.63) is 35.5 Å². The van der Waals surface area contributed by atoms with Gasteiger partial charge >= 0.3 is 6.09 Å². The molecule has 0 saturated heterocycles. The number of alkyl carbamates (subject to hydrolysis) is 1. The maximum absolute atomic E-state index is 15.0. The summed E-state index contributed by atoms with van der Waals surface area (Å²) in [5.74, 6) is 0.0512. The average Bonchev–Trinajstić information content (AvgIpc) is 3.37. The molecular formula is C22H28F2N4O2. The summed E-state index contributed by atoms with van der Waals surface area (Å²) in [6, 6.07) is 3.01. The highest BCUT2D eigenvalue weighted by Gasteiger charge is 2.47. The van der Waals surface area contributed by atoms with Crippen molar-refractivity contribution in [2.45, 2.75) is 76.6 Å². The number of amides is 1. The van der Waals surface area contributed by atoms with Crippen LogP contribution in [0.4, 0.5) is 13.6 Å². The zero-order valence-corrected chi connectivity index (χ0v) is 17.8. The van der Waals surface area contributed by atoms with Crippen molar-refractivity contribution in [1.82, 2.24) is 20.1 Å². The van der Waals surface area contributed by atoms with E-state index in [4.69, 9.17) is 9.84 Å². The molecule has 0 atom stereocenters. The van der Waals surface area contributed by atoms with E-state index < -0.39 is 17.4 Å². The van der Waals surface area contributed by atoms with E-state index in [0.717, 1.165) is 24.1 Å². The molecule has 1 amide bonds. The van der Waals surface area contributed by atoms with Crippen LogP contribution in [0.3, 0.4) is 0 Å². The molecule has 1 N–H and O–H groups in total. The first-order valence-corrected chi connectivity index (χ1v) is 10.4. The average molecular weight is 418 g/mol. The Labute approximate surface area is 175 Å². The molecule has 2 aliphatic rings. The van der Waals surface area contributed by atoms with E-state index >= 15 is 0 Å². The number of carbonyl (C=O) groups excluding carboxylic acids is 1. The number of alkyl halides is 1. The number of nitrogens with one attached hydrogen (secondary N) is 1. The van der Waals surface area contributed by atoms with Gasteiger partial charge in [-0.05, 0) is 52.7 Å². The van der Waals surface area contributed by atoms with Crippen molar-refractivity contribution in [1.29, 1.82) is 0 Å². The minimum absolute atomic E-state index is 0.0803. The first kappa shape index (κ1) is 20.8. The van der Waals surface area contributed by atoms with Crippen LogP contribution in [0, 0.1) is 12.7 Å². The van der Waals surface area contributed by atoms with E-state index in [1.165, 1.54) is 6.07 Å². The van der Waals surface area contributed by atoms with Gasteiger partial charge in [-0.15, -0.1) is 0 Å². The molecule has 0 bridgehead atoms. The van der Waals surface area contributed by atoms with Crippen molar-refractivity contribution in [2.24, 2.45) is 0 Å². The zero-order valence-electron chi connectivity index (χ0n) is 17.8. The van der Waals surface area contributed by atoms with Gasteiger partial charge in [-0.25, -0.2) is 18.6 Å². The van der Waals surface area contributed by atoms with Gasteiger partial charge in [0.25, 0.3) is 0 Å². The third-order valence-electron chi connectivity index (χ3n) is 5.55. The largest absolute Gasteiger partial charge is 0.444 e. The Morgan fingerprint density at radius 3 is 2.63 bits per heavy atom. The van der Waals surface area contributed by atoms with Crippen molar-refractivity contribution >= 4 is 6.09 Å². The Morgan fingerprint density at radius 1 is 1.33 bits per heavy atom. The third-order valence-corrected chi connectivity index (χ3v) is 5.55. The topological polar surface area (TPSA) is 69.0 Å². The number of nitrogens with zero attached hydrogens (tertiary/aromatic N) is 3. The summed E-state index contributed by atoms with van der Waals surface area (Å²) >= 11 is 0. The van der Waals surface area contributed by atoms with Crippen LogP contribution < -0.4 is 5.32 Å². The van der Waals surface area contributed by atoms with Crippen LogP contribution in [0.1, 0.15) is 69.8 Å². The minimum Gasteiger partial charge on any atom is -0.444 e. The number of aryl methyl sites for hydroxylation is 1. The highest BCUT2D eigenvalue weighted by Crippen LogP contribution is 2.47. The molecule has 2 heterocycles. The van der Waals surface area contributed by atoms with Crippen LogP contribution in [-0.2, 0) is 4.74 Å². The molecule has 162 valence electrons. The van der Waals surface area contributed by atoms with Crippen LogP contribution in [-0.4, -0.2) is 38.7 Å². The van der Waals surface area contributed by atoms with Crippen LogP contribution in [0.15, 0.2) is 18.3 Å². The Kier molecular flexibility index (Phi) is 5.06. The second-order valence-corrected chi connectivity index (χ2v) is 9.51. The molecule has 2 aromatic heterocycles. The summed E-state index contributed by atoms with van der Waals surface area (Å²) in [6.07, 6.45) is 3.97. The fraction of sp³-hybridized carbons (Fsp3) is 0.591. The first-order valence-electron chi connectivity index (χ1n) is 10.4. The van der Waals surface area contributed by atoms with Crippen molar-refractivity contribution < 1.29 is 18.3 Å². The highest BCUT2D eigenvalue weighted by atomic mass is 19.1. The third kappa shape index (κ3) is 4.47. The van der Waals surface area contributed by atoms with Gasteiger partial charge in [0.15, 0.2) is 0 Å². The molecule has 4 rings (SSSR count). The normalized spacial score (nSPS) is 23.7. The van der Waals surface area contributed by atoms with Crippen LogP contribution in [0.5, 0.6) is 0 Å². The predicted octanol–water partition coefficient (Wildman–Crippen LogP) is 4.84. The molecule has 0 radical (unpaired) electrons. The maximum atomic E-state index is 15.0. The lowest BCUT2D eigenvalue weighted by molar-refractivity contribution is 0.00250. The molecular weight excluding hydrogens is 390 g/mol. The van der Waals surface area contributed by atoms with E-state index in [-0.39, 0.29) is 31.2 Å². The standard InChI is InChI=1S/C22H28F2N4O2/c1-13-17(23)7-8-18(26-13)16-11-28(27-19(16)14-5-6-14)15-9-22(24,10-15)12-25-20(29)30-21(2,3)4/h7-8,11,14-15H,5-6,9-10,12H2,1-4H3,(H,25,29). The SMILES string of the molecule is Cc1nc(-c2cn(C3CC(F)(CNC(=O)OC(C)(C)C)C3)nc2C2CC2)ccc1F. The molecule has 2 aliphatic carbocycles. The summed E-state index contributed by atoms with van der Waals surface area (Å²) < 4.78 is 35.6. The summed E-state index contributed by atoms with van der Waals surface area (Å²) in [7, 11) is 0. The first-order chi connectivity index (χ1) is 14.0. The number of pyridine rings is 1. The van der Waals surface area contributed by atoms with Gasteiger partial charge in [-0.2, -0.15) is 5.10 Å².